The summed E-state index contributed by atoms with van der Waals surface area (Å²) in [6.07, 6.45) is 1.56. The van der Waals surface area contributed by atoms with Gasteiger partial charge in [-0.2, -0.15) is 0 Å². The molecule has 0 unspecified atom stereocenters. The zero-order valence-corrected chi connectivity index (χ0v) is 12.0. The molecule has 1 amide bonds. The first-order valence-corrected chi connectivity index (χ1v) is 6.53. The Balaban J connectivity index is 1.86. The summed E-state index contributed by atoms with van der Waals surface area (Å²) in [5.74, 6) is 0.358. The van der Waals surface area contributed by atoms with Crippen molar-refractivity contribution in [2.24, 2.45) is 0 Å². The maximum absolute atomic E-state index is 11.7. The Kier molecular flexibility index (Phi) is 4.52. The van der Waals surface area contributed by atoms with Gasteiger partial charge in [0.25, 0.3) is 5.91 Å². The molecule has 1 N–H and O–H groups in total. The van der Waals surface area contributed by atoms with E-state index in [4.69, 9.17) is 4.74 Å². The van der Waals surface area contributed by atoms with Crippen LogP contribution in [-0.4, -0.2) is 17.5 Å². The van der Waals surface area contributed by atoms with Crippen molar-refractivity contribution in [3.8, 4) is 5.75 Å². The minimum Gasteiger partial charge on any atom is -0.482 e. The molecule has 4 nitrogen and oxygen atoms in total. The van der Waals surface area contributed by atoms with Crippen molar-refractivity contribution in [3.63, 3.8) is 0 Å². The number of nitrogens with zero attached hydrogens (tertiary/aromatic N) is 1. The van der Waals surface area contributed by atoms with E-state index in [-0.39, 0.29) is 12.5 Å². The van der Waals surface area contributed by atoms with Gasteiger partial charge in [-0.1, -0.05) is 12.1 Å². The Labute approximate surface area is 119 Å². The van der Waals surface area contributed by atoms with Gasteiger partial charge >= 0.3 is 0 Å². The summed E-state index contributed by atoms with van der Waals surface area (Å²) in [4.78, 5) is 15.7. The number of anilines is 1. The summed E-state index contributed by atoms with van der Waals surface area (Å²) in [5, 5.41) is 2.77. The topological polar surface area (TPSA) is 51.2 Å². The number of pyridine rings is 1. The first-order valence-electron chi connectivity index (χ1n) is 5.74. The molecule has 0 bridgehead atoms. The van der Waals surface area contributed by atoms with Crippen molar-refractivity contribution < 1.29 is 9.53 Å². The molecule has 0 radical (unpaired) electrons. The molecule has 0 atom stereocenters. The van der Waals surface area contributed by atoms with Gasteiger partial charge in [0.2, 0.25) is 0 Å². The van der Waals surface area contributed by atoms with Gasteiger partial charge in [0, 0.05) is 5.69 Å². The van der Waals surface area contributed by atoms with Gasteiger partial charge in [0.1, 0.15) is 10.4 Å². The van der Waals surface area contributed by atoms with Gasteiger partial charge in [-0.15, -0.1) is 0 Å². The standard InChI is InChI=1S/C14H13BrN2O2/c1-10-3-2-4-11(7-10)17-14(18)9-19-12-5-6-13(15)16-8-12/h2-8H,9H2,1H3,(H,17,18). The summed E-state index contributed by atoms with van der Waals surface area (Å²) in [6, 6.07) is 11.1. The summed E-state index contributed by atoms with van der Waals surface area (Å²) in [6.45, 7) is 1.93. The number of rotatable bonds is 4. The molecule has 0 spiro atoms. The van der Waals surface area contributed by atoms with Gasteiger partial charge in [-0.3, -0.25) is 4.79 Å². The van der Waals surface area contributed by atoms with Gasteiger partial charge in [0.05, 0.1) is 6.20 Å². The lowest BCUT2D eigenvalue weighted by Crippen LogP contribution is -2.20. The molecule has 1 heterocycles. The third-order valence-corrected chi connectivity index (χ3v) is 2.84. The highest BCUT2D eigenvalue weighted by Crippen LogP contribution is 2.13. The molecule has 0 aliphatic carbocycles. The molecule has 5 heteroatoms. The highest BCUT2D eigenvalue weighted by Gasteiger charge is 2.04. The Morgan fingerprint density at radius 3 is 2.89 bits per heavy atom. The molecule has 0 saturated carbocycles. The van der Waals surface area contributed by atoms with E-state index in [0.29, 0.717) is 5.75 Å². The third kappa shape index (κ3) is 4.37. The van der Waals surface area contributed by atoms with Gasteiger partial charge < -0.3 is 10.1 Å². The average Bonchev–Trinajstić information content (AvgIpc) is 2.38. The van der Waals surface area contributed by atoms with E-state index in [1.54, 1.807) is 18.3 Å². The van der Waals surface area contributed by atoms with Crippen LogP contribution >= 0.6 is 15.9 Å². The van der Waals surface area contributed by atoms with Crippen LogP contribution in [0.15, 0.2) is 47.2 Å². The van der Waals surface area contributed by atoms with E-state index in [2.05, 4.69) is 26.2 Å². The number of hydrogen-bond donors (Lipinski definition) is 1. The largest absolute Gasteiger partial charge is 0.482 e. The summed E-state index contributed by atoms with van der Waals surface area (Å²) >= 11 is 3.23. The lowest BCUT2D eigenvalue weighted by Gasteiger charge is -2.07. The fraction of sp³-hybridized carbons (Fsp3) is 0.143. The maximum atomic E-state index is 11.7. The number of amides is 1. The SMILES string of the molecule is Cc1cccc(NC(=O)COc2ccc(Br)nc2)c1. The van der Waals surface area contributed by atoms with Crippen LogP contribution in [0.5, 0.6) is 5.75 Å². The Bertz CT molecular complexity index is 570. The van der Waals surface area contributed by atoms with Crippen molar-refractivity contribution in [2.45, 2.75) is 6.92 Å². The molecule has 0 aliphatic heterocycles. The number of aromatic nitrogens is 1. The fourth-order valence-corrected chi connectivity index (χ4v) is 1.75. The maximum Gasteiger partial charge on any atom is 0.262 e. The molecule has 19 heavy (non-hydrogen) atoms. The van der Waals surface area contributed by atoms with E-state index in [9.17, 15) is 4.79 Å². The molecular weight excluding hydrogens is 308 g/mol. The number of halogens is 1. The molecular formula is C14H13BrN2O2. The lowest BCUT2D eigenvalue weighted by molar-refractivity contribution is -0.118. The Morgan fingerprint density at radius 1 is 1.37 bits per heavy atom. The number of aryl methyl sites for hydroxylation is 1. The fourth-order valence-electron chi connectivity index (χ4n) is 1.52. The van der Waals surface area contributed by atoms with E-state index in [0.717, 1.165) is 15.9 Å². The van der Waals surface area contributed by atoms with Crippen LogP contribution in [0.2, 0.25) is 0 Å². The van der Waals surface area contributed by atoms with Crippen molar-refractivity contribution >= 4 is 27.5 Å². The molecule has 0 saturated heterocycles. The Hall–Kier alpha value is -1.88. The number of benzene rings is 1. The van der Waals surface area contributed by atoms with Crippen molar-refractivity contribution in [2.75, 3.05) is 11.9 Å². The third-order valence-electron chi connectivity index (χ3n) is 2.37. The minimum absolute atomic E-state index is 0.0444. The molecule has 0 aliphatic rings. The predicted molar refractivity (Wildman–Crippen MR) is 77.2 cm³/mol. The van der Waals surface area contributed by atoms with Crippen LogP contribution in [0.1, 0.15) is 5.56 Å². The zero-order chi connectivity index (χ0) is 13.7. The van der Waals surface area contributed by atoms with Crippen LogP contribution in [0.3, 0.4) is 0 Å². The number of nitrogens with one attached hydrogen (secondary N) is 1. The van der Waals surface area contributed by atoms with Crippen LogP contribution in [-0.2, 0) is 4.79 Å². The van der Waals surface area contributed by atoms with Crippen molar-refractivity contribution in [3.05, 3.63) is 52.8 Å². The molecule has 1 aromatic carbocycles. The zero-order valence-electron chi connectivity index (χ0n) is 10.4. The van der Waals surface area contributed by atoms with Gasteiger partial charge in [-0.25, -0.2) is 4.98 Å². The van der Waals surface area contributed by atoms with E-state index in [1.165, 1.54) is 0 Å². The normalized spacial score (nSPS) is 10.0. The summed E-state index contributed by atoms with van der Waals surface area (Å²) in [5.41, 5.74) is 1.86. The quantitative estimate of drug-likeness (QED) is 0.880. The van der Waals surface area contributed by atoms with Crippen molar-refractivity contribution in [1.82, 2.24) is 4.98 Å². The van der Waals surface area contributed by atoms with Crippen molar-refractivity contribution in [1.29, 1.82) is 0 Å². The highest BCUT2D eigenvalue weighted by molar-refractivity contribution is 9.10. The summed E-state index contributed by atoms with van der Waals surface area (Å²) in [7, 11) is 0. The van der Waals surface area contributed by atoms with Gasteiger partial charge in [0.15, 0.2) is 6.61 Å². The molecule has 98 valence electrons. The van der Waals surface area contributed by atoms with Crippen LogP contribution < -0.4 is 10.1 Å². The summed E-state index contributed by atoms with van der Waals surface area (Å²) < 4.78 is 6.06. The lowest BCUT2D eigenvalue weighted by atomic mass is 10.2. The molecule has 2 aromatic rings. The van der Waals surface area contributed by atoms with Crippen LogP contribution in [0.4, 0.5) is 5.69 Å². The number of ether oxygens (including phenoxy) is 1. The smallest absolute Gasteiger partial charge is 0.262 e. The number of carbonyl (C=O) groups excluding carboxylic acids is 1. The second kappa shape index (κ2) is 6.33. The first kappa shape index (κ1) is 13.5. The van der Waals surface area contributed by atoms with E-state index < -0.39 is 0 Å². The average molecular weight is 321 g/mol. The monoisotopic (exact) mass is 320 g/mol. The second-order valence-corrected chi connectivity index (χ2v) is 4.84. The van der Waals surface area contributed by atoms with Gasteiger partial charge in [-0.05, 0) is 52.7 Å². The minimum atomic E-state index is -0.200. The molecule has 1 aromatic heterocycles. The van der Waals surface area contributed by atoms with Crippen LogP contribution in [0.25, 0.3) is 0 Å². The first-order chi connectivity index (χ1) is 9.13. The molecule has 0 fully saturated rings. The Morgan fingerprint density at radius 2 is 2.21 bits per heavy atom. The predicted octanol–water partition coefficient (Wildman–Crippen LogP) is 3.17. The van der Waals surface area contributed by atoms with E-state index >= 15 is 0 Å². The highest BCUT2D eigenvalue weighted by atomic mass is 79.9. The second-order valence-electron chi connectivity index (χ2n) is 4.02. The molecule has 2 rings (SSSR count). The number of hydrogen-bond acceptors (Lipinski definition) is 3. The van der Waals surface area contributed by atoms with Crippen LogP contribution in [0, 0.1) is 6.92 Å². The number of carbonyl (C=O) groups is 1. The van der Waals surface area contributed by atoms with E-state index in [1.807, 2.05) is 31.2 Å².